The summed E-state index contributed by atoms with van der Waals surface area (Å²) in [6, 6.07) is 5.01. The first-order valence-corrected chi connectivity index (χ1v) is 10.9. The van der Waals surface area contributed by atoms with Gasteiger partial charge in [0.25, 0.3) is 5.91 Å². The number of fused-ring (bicyclic) bond motifs is 2. The number of thiazole rings is 1. The van der Waals surface area contributed by atoms with Crippen molar-refractivity contribution in [1.82, 2.24) is 14.7 Å². The fourth-order valence-electron chi connectivity index (χ4n) is 3.38. The van der Waals surface area contributed by atoms with Crippen LogP contribution in [0.3, 0.4) is 0 Å². The van der Waals surface area contributed by atoms with E-state index in [1.807, 2.05) is 29.1 Å². The SMILES string of the molecule is CC1Cc2cc(C(=O)NCc3cn4ccsc4n3)ccc2N1S(C)(=O)=O. The van der Waals surface area contributed by atoms with Crippen molar-refractivity contribution in [3.8, 4) is 0 Å². The summed E-state index contributed by atoms with van der Waals surface area (Å²) in [5, 5.41) is 4.82. The van der Waals surface area contributed by atoms with Crippen molar-refractivity contribution < 1.29 is 13.2 Å². The second-order valence-electron chi connectivity index (χ2n) is 6.46. The van der Waals surface area contributed by atoms with Gasteiger partial charge in [0.2, 0.25) is 10.0 Å². The molecule has 1 amide bonds. The van der Waals surface area contributed by atoms with Crippen LogP contribution in [0, 0.1) is 0 Å². The maximum Gasteiger partial charge on any atom is 0.251 e. The van der Waals surface area contributed by atoms with Crippen LogP contribution in [0.4, 0.5) is 5.69 Å². The van der Waals surface area contributed by atoms with Gasteiger partial charge in [0.05, 0.1) is 24.2 Å². The summed E-state index contributed by atoms with van der Waals surface area (Å²) >= 11 is 1.54. The molecule has 0 saturated heterocycles. The Balaban J connectivity index is 1.51. The highest BCUT2D eigenvalue weighted by atomic mass is 32.2. The topological polar surface area (TPSA) is 83.8 Å². The second kappa shape index (κ2) is 6.10. The minimum Gasteiger partial charge on any atom is -0.346 e. The van der Waals surface area contributed by atoms with Gasteiger partial charge in [0, 0.05) is 29.4 Å². The van der Waals surface area contributed by atoms with Crippen molar-refractivity contribution in [3.63, 3.8) is 0 Å². The third-order valence-corrected chi connectivity index (χ3v) is 6.47. The molecule has 0 bridgehead atoms. The van der Waals surface area contributed by atoms with Crippen LogP contribution in [0.25, 0.3) is 4.96 Å². The van der Waals surface area contributed by atoms with Crippen molar-refractivity contribution in [2.45, 2.75) is 25.9 Å². The Morgan fingerprint density at radius 2 is 2.23 bits per heavy atom. The average Bonchev–Trinajstić information content (AvgIpc) is 3.22. The first-order valence-electron chi connectivity index (χ1n) is 8.14. The van der Waals surface area contributed by atoms with Crippen molar-refractivity contribution in [1.29, 1.82) is 0 Å². The quantitative estimate of drug-likeness (QED) is 0.739. The highest BCUT2D eigenvalue weighted by molar-refractivity contribution is 7.92. The molecule has 3 heterocycles. The minimum atomic E-state index is -3.33. The van der Waals surface area contributed by atoms with E-state index in [-0.39, 0.29) is 11.9 Å². The van der Waals surface area contributed by atoms with Gasteiger partial charge in [-0.05, 0) is 37.1 Å². The number of carbonyl (C=O) groups is 1. The number of sulfonamides is 1. The molecule has 0 radical (unpaired) electrons. The fourth-order valence-corrected chi connectivity index (χ4v) is 5.37. The number of hydrogen-bond acceptors (Lipinski definition) is 5. The van der Waals surface area contributed by atoms with Gasteiger partial charge >= 0.3 is 0 Å². The zero-order chi connectivity index (χ0) is 18.5. The molecule has 1 aliphatic heterocycles. The molecule has 1 atom stereocenters. The van der Waals surface area contributed by atoms with Crippen LogP contribution in [0.2, 0.25) is 0 Å². The largest absolute Gasteiger partial charge is 0.346 e. The Hall–Kier alpha value is -2.39. The van der Waals surface area contributed by atoms with E-state index in [2.05, 4.69) is 10.3 Å². The number of amides is 1. The molecule has 3 aromatic rings. The molecule has 0 fully saturated rings. The first-order chi connectivity index (χ1) is 12.3. The van der Waals surface area contributed by atoms with Crippen LogP contribution < -0.4 is 9.62 Å². The second-order valence-corrected chi connectivity index (χ2v) is 9.20. The summed E-state index contributed by atoms with van der Waals surface area (Å²) in [5.41, 5.74) is 2.85. The van der Waals surface area contributed by atoms with Crippen molar-refractivity contribution in [2.24, 2.45) is 0 Å². The number of benzene rings is 1. The van der Waals surface area contributed by atoms with Gasteiger partial charge in [-0.3, -0.25) is 13.5 Å². The van der Waals surface area contributed by atoms with Crippen LogP contribution in [0.15, 0.2) is 36.0 Å². The van der Waals surface area contributed by atoms with E-state index in [0.29, 0.717) is 24.2 Å². The lowest BCUT2D eigenvalue weighted by Crippen LogP contribution is -2.34. The molecule has 7 nitrogen and oxygen atoms in total. The molecule has 1 N–H and O–H groups in total. The Bertz CT molecular complexity index is 1070. The van der Waals surface area contributed by atoms with E-state index in [4.69, 9.17) is 0 Å². The Labute approximate surface area is 155 Å². The fraction of sp³-hybridized carbons (Fsp3) is 0.294. The van der Waals surface area contributed by atoms with E-state index in [1.165, 1.54) is 21.9 Å². The predicted molar refractivity (Wildman–Crippen MR) is 101 cm³/mol. The number of anilines is 1. The van der Waals surface area contributed by atoms with Crippen LogP contribution in [-0.4, -0.2) is 36.0 Å². The molecular formula is C17H18N4O3S2. The zero-order valence-electron chi connectivity index (χ0n) is 14.3. The number of rotatable bonds is 4. The monoisotopic (exact) mass is 390 g/mol. The van der Waals surface area contributed by atoms with Crippen LogP contribution in [-0.2, 0) is 23.0 Å². The smallest absolute Gasteiger partial charge is 0.251 e. The van der Waals surface area contributed by atoms with Crippen molar-refractivity contribution >= 4 is 37.9 Å². The zero-order valence-corrected chi connectivity index (χ0v) is 16.0. The molecule has 1 aliphatic rings. The summed E-state index contributed by atoms with van der Waals surface area (Å²) in [7, 11) is -3.33. The van der Waals surface area contributed by atoms with E-state index < -0.39 is 10.0 Å². The van der Waals surface area contributed by atoms with Gasteiger partial charge in [-0.1, -0.05) is 0 Å². The first kappa shape index (κ1) is 17.0. The molecule has 26 heavy (non-hydrogen) atoms. The van der Waals surface area contributed by atoms with Gasteiger partial charge in [-0.2, -0.15) is 0 Å². The Morgan fingerprint density at radius 1 is 1.42 bits per heavy atom. The molecule has 0 saturated carbocycles. The molecule has 4 rings (SSSR count). The lowest BCUT2D eigenvalue weighted by molar-refractivity contribution is 0.0950. The molecule has 0 spiro atoms. The highest BCUT2D eigenvalue weighted by Gasteiger charge is 2.32. The standard InChI is InChI=1S/C17H18N4O3S2/c1-11-7-13-8-12(3-4-15(13)21(11)26(2,23)24)16(22)18-9-14-10-20-5-6-25-17(20)19-14/h3-6,8,10-11H,7,9H2,1-2H3,(H,18,22). The molecular weight excluding hydrogens is 372 g/mol. The number of aromatic nitrogens is 2. The average molecular weight is 390 g/mol. The van der Waals surface area contributed by atoms with E-state index in [0.717, 1.165) is 16.2 Å². The third kappa shape index (κ3) is 2.97. The van der Waals surface area contributed by atoms with Crippen molar-refractivity contribution in [2.75, 3.05) is 10.6 Å². The lowest BCUT2D eigenvalue weighted by atomic mass is 10.1. The number of nitrogens with one attached hydrogen (secondary N) is 1. The summed E-state index contributed by atoms with van der Waals surface area (Å²) in [6.07, 6.45) is 5.61. The van der Waals surface area contributed by atoms with Gasteiger partial charge in [-0.25, -0.2) is 13.4 Å². The summed E-state index contributed by atoms with van der Waals surface area (Å²) < 4.78 is 27.3. The van der Waals surface area contributed by atoms with Crippen LogP contribution in [0.5, 0.6) is 0 Å². The van der Waals surface area contributed by atoms with Gasteiger partial charge in [0.1, 0.15) is 0 Å². The molecule has 136 valence electrons. The molecule has 1 aromatic carbocycles. The number of imidazole rings is 1. The van der Waals surface area contributed by atoms with Gasteiger partial charge in [0.15, 0.2) is 4.96 Å². The summed E-state index contributed by atoms with van der Waals surface area (Å²) in [6.45, 7) is 2.21. The van der Waals surface area contributed by atoms with Crippen LogP contribution >= 0.6 is 11.3 Å². The number of nitrogens with zero attached hydrogens (tertiary/aromatic N) is 3. The van der Waals surface area contributed by atoms with E-state index in [1.54, 1.807) is 18.2 Å². The van der Waals surface area contributed by atoms with Gasteiger partial charge < -0.3 is 5.32 Å². The maximum absolute atomic E-state index is 12.5. The Morgan fingerprint density at radius 3 is 2.96 bits per heavy atom. The molecule has 1 unspecified atom stereocenters. The minimum absolute atomic E-state index is 0.142. The highest BCUT2D eigenvalue weighted by Crippen LogP contribution is 2.34. The number of hydrogen-bond donors (Lipinski definition) is 1. The molecule has 9 heteroatoms. The number of carbonyl (C=O) groups excluding carboxylic acids is 1. The maximum atomic E-state index is 12.5. The van der Waals surface area contributed by atoms with Crippen LogP contribution in [0.1, 0.15) is 28.5 Å². The summed E-state index contributed by atoms with van der Waals surface area (Å²) in [4.78, 5) is 17.8. The van der Waals surface area contributed by atoms with Crippen molar-refractivity contribution in [3.05, 3.63) is 52.8 Å². The normalized spacial score (nSPS) is 16.8. The summed E-state index contributed by atoms with van der Waals surface area (Å²) in [5.74, 6) is -0.199. The Kier molecular flexibility index (Phi) is 4.00. The van der Waals surface area contributed by atoms with E-state index in [9.17, 15) is 13.2 Å². The molecule has 0 aliphatic carbocycles. The van der Waals surface area contributed by atoms with Gasteiger partial charge in [-0.15, -0.1) is 11.3 Å². The predicted octanol–water partition coefficient (Wildman–Crippen LogP) is 2.04. The molecule has 2 aromatic heterocycles. The lowest BCUT2D eigenvalue weighted by Gasteiger charge is -2.21. The third-order valence-electron chi connectivity index (χ3n) is 4.43. The van der Waals surface area contributed by atoms with E-state index >= 15 is 0 Å².